The minimum atomic E-state index is -0.449. The Labute approximate surface area is 171 Å². The van der Waals surface area contributed by atoms with Crippen molar-refractivity contribution in [2.45, 2.75) is 32.6 Å². The van der Waals surface area contributed by atoms with Gasteiger partial charge in [-0.25, -0.2) is 0 Å². The molecule has 0 aromatic heterocycles. The first-order valence-electron chi connectivity index (χ1n) is 9.67. The van der Waals surface area contributed by atoms with Gasteiger partial charge in [-0.3, -0.25) is 9.59 Å². The molecule has 0 bridgehead atoms. The smallest absolute Gasteiger partial charge is 0.229 e. The Balaban J connectivity index is 1.79. The lowest BCUT2D eigenvalue weighted by Gasteiger charge is -2.22. The molecule has 0 spiro atoms. The van der Waals surface area contributed by atoms with Gasteiger partial charge in [-0.2, -0.15) is 0 Å². The highest BCUT2D eigenvalue weighted by atomic mass is 16.5. The fourth-order valence-corrected chi connectivity index (χ4v) is 3.48. The third-order valence-electron chi connectivity index (χ3n) is 5.20. The fraction of sp³-hybridized carbons (Fsp3) is 0.391. The third kappa shape index (κ3) is 4.36. The van der Waals surface area contributed by atoms with Crippen LogP contribution >= 0.6 is 0 Å². The molecule has 2 amide bonds. The zero-order chi connectivity index (χ0) is 21.2. The van der Waals surface area contributed by atoms with Crippen LogP contribution in [-0.2, 0) is 15.0 Å². The molecule has 0 radical (unpaired) electrons. The monoisotopic (exact) mass is 396 g/mol. The predicted octanol–water partition coefficient (Wildman–Crippen LogP) is 3.99. The van der Waals surface area contributed by atoms with Gasteiger partial charge in [-0.15, -0.1) is 0 Å². The summed E-state index contributed by atoms with van der Waals surface area (Å²) in [5.74, 6) is 0.472. The molecule has 0 unspecified atom stereocenters. The van der Waals surface area contributed by atoms with E-state index >= 15 is 0 Å². The predicted molar refractivity (Wildman–Crippen MR) is 114 cm³/mol. The van der Waals surface area contributed by atoms with Crippen LogP contribution in [0.3, 0.4) is 0 Å². The van der Waals surface area contributed by atoms with Crippen molar-refractivity contribution in [3.05, 3.63) is 48.0 Å². The van der Waals surface area contributed by atoms with Crippen LogP contribution in [0.25, 0.3) is 0 Å². The molecule has 2 aromatic rings. The molecule has 154 valence electrons. The van der Waals surface area contributed by atoms with Gasteiger partial charge >= 0.3 is 0 Å². The van der Waals surface area contributed by atoms with E-state index in [9.17, 15) is 9.59 Å². The molecule has 1 aliphatic heterocycles. The number of hydrogen-bond donors (Lipinski definition) is 1. The van der Waals surface area contributed by atoms with Gasteiger partial charge in [0.1, 0.15) is 11.5 Å². The molecule has 1 saturated heterocycles. The van der Waals surface area contributed by atoms with Crippen LogP contribution in [0.2, 0.25) is 0 Å². The van der Waals surface area contributed by atoms with Crippen molar-refractivity contribution < 1.29 is 19.1 Å². The summed E-state index contributed by atoms with van der Waals surface area (Å²) in [6.45, 7) is 6.65. The normalized spacial score (nSPS) is 16.7. The molecule has 0 aliphatic carbocycles. The van der Waals surface area contributed by atoms with E-state index in [1.54, 1.807) is 25.2 Å². The highest BCUT2D eigenvalue weighted by molar-refractivity contribution is 6.04. The van der Waals surface area contributed by atoms with E-state index in [0.717, 1.165) is 5.56 Å². The van der Waals surface area contributed by atoms with Crippen LogP contribution in [0.5, 0.6) is 11.5 Å². The largest absolute Gasteiger partial charge is 0.495 e. The average molecular weight is 396 g/mol. The molecule has 1 aliphatic rings. The average Bonchev–Trinajstić information content (AvgIpc) is 3.08. The number of amides is 2. The van der Waals surface area contributed by atoms with Crippen LogP contribution in [-0.4, -0.2) is 32.6 Å². The summed E-state index contributed by atoms with van der Waals surface area (Å²) in [6.07, 6.45) is 0.158. The van der Waals surface area contributed by atoms with Gasteiger partial charge in [0.2, 0.25) is 11.8 Å². The number of rotatable bonds is 5. The quantitative estimate of drug-likeness (QED) is 0.830. The number of hydrogen-bond acceptors (Lipinski definition) is 4. The van der Waals surface area contributed by atoms with Gasteiger partial charge in [0.05, 0.1) is 31.5 Å². The molecule has 0 saturated carbocycles. The standard InChI is InChI=1S/C23H28N2O4/c1-23(2,3)16-10-11-19(28-4)17(13-16)24-22(27)15-12-21(26)25(14-15)18-8-6-7-9-20(18)29-5/h6-11,13,15H,12,14H2,1-5H3,(H,24,27)/t15-/m1/s1. The molecule has 1 atom stereocenters. The second-order valence-electron chi connectivity index (χ2n) is 8.23. The van der Waals surface area contributed by atoms with Crippen LogP contribution in [0.15, 0.2) is 42.5 Å². The summed E-state index contributed by atoms with van der Waals surface area (Å²) in [5, 5.41) is 2.96. The van der Waals surface area contributed by atoms with Gasteiger partial charge in [0.15, 0.2) is 0 Å². The first kappa shape index (κ1) is 20.7. The number of nitrogens with one attached hydrogen (secondary N) is 1. The number of nitrogens with zero attached hydrogens (tertiary/aromatic N) is 1. The number of para-hydroxylation sites is 2. The number of carbonyl (C=O) groups excluding carboxylic acids is 2. The molecule has 1 heterocycles. The van der Waals surface area contributed by atoms with E-state index in [2.05, 4.69) is 26.1 Å². The zero-order valence-corrected chi connectivity index (χ0v) is 17.6. The maximum atomic E-state index is 12.9. The second-order valence-corrected chi connectivity index (χ2v) is 8.23. The Morgan fingerprint density at radius 3 is 2.41 bits per heavy atom. The molecule has 29 heavy (non-hydrogen) atoms. The van der Waals surface area contributed by atoms with Crippen molar-refractivity contribution in [1.29, 1.82) is 0 Å². The van der Waals surface area contributed by atoms with Gasteiger partial charge < -0.3 is 19.7 Å². The van der Waals surface area contributed by atoms with Crippen molar-refractivity contribution in [2.75, 3.05) is 31.0 Å². The van der Waals surface area contributed by atoms with Crippen LogP contribution in [0, 0.1) is 5.92 Å². The van der Waals surface area contributed by atoms with E-state index in [1.165, 1.54) is 0 Å². The molecule has 6 nitrogen and oxygen atoms in total. The zero-order valence-electron chi connectivity index (χ0n) is 17.6. The van der Waals surface area contributed by atoms with Crippen molar-refractivity contribution in [3.8, 4) is 11.5 Å². The van der Waals surface area contributed by atoms with Crippen molar-refractivity contribution in [1.82, 2.24) is 0 Å². The number of anilines is 2. The van der Waals surface area contributed by atoms with Crippen molar-refractivity contribution in [2.24, 2.45) is 5.92 Å². The lowest BCUT2D eigenvalue weighted by molar-refractivity contribution is -0.122. The Bertz CT molecular complexity index is 917. The van der Waals surface area contributed by atoms with Gasteiger partial charge in [0.25, 0.3) is 0 Å². The first-order chi connectivity index (χ1) is 13.7. The molecule has 1 fully saturated rings. The minimum absolute atomic E-state index is 0.0598. The third-order valence-corrected chi connectivity index (χ3v) is 5.20. The maximum absolute atomic E-state index is 12.9. The molecule has 6 heteroatoms. The fourth-order valence-electron chi connectivity index (χ4n) is 3.48. The molecular weight excluding hydrogens is 368 g/mol. The minimum Gasteiger partial charge on any atom is -0.495 e. The molecular formula is C23H28N2O4. The van der Waals surface area contributed by atoms with E-state index in [0.29, 0.717) is 29.4 Å². The lowest BCUT2D eigenvalue weighted by Crippen LogP contribution is -2.28. The summed E-state index contributed by atoms with van der Waals surface area (Å²) >= 11 is 0. The van der Waals surface area contributed by atoms with Crippen LogP contribution < -0.4 is 19.7 Å². The Morgan fingerprint density at radius 1 is 1.07 bits per heavy atom. The number of methoxy groups -OCH3 is 2. The molecule has 1 N–H and O–H groups in total. The molecule has 3 rings (SSSR count). The lowest BCUT2D eigenvalue weighted by atomic mass is 9.86. The maximum Gasteiger partial charge on any atom is 0.229 e. The van der Waals surface area contributed by atoms with Gasteiger partial charge in [0, 0.05) is 13.0 Å². The van der Waals surface area contributed by atoms with Crippen molar-refractivity contribution >= 4 is 23.2 Å². The number of benzene rings is 2. The number of ether oxygens (including phenoxy) is 2. The van der Waals surface area contributed by atoms with E-state index in [4.69, 9.17) is 9.47 Å². The highest BCUT2D eigenvalue weighted by Crippen LogP contribution is 2.35. The first-order valence-corrected chi connectivity index (χ1v) is 9.67. The van der Waals surface area contributed by atoms with E-state index in [-0.39, 0.29) is 23.7 Å². The Hall–Kier alpha value is -3.02. The van der Waals surface area contributed by atoms with Crippen LogP contribution in [0.4, 0.5) is 11.4 Å². The SMILES string of the molecule is COc1ccc(C(C)(C)C)cc1NC(=O)[C@@H]1CC(=O)N(c2ccccc2OC)C1. The summed E-state index contributed by atoms with van der Waals surface area (Å²) in [4.78, 5) is 27.1. The summed E-state index contributed by atoms with van der Waals surface area (Å²) in [6, 6.07) is 13.1. The Kier molecular flexibility index (Phi) is 5.82. The number of carbonyl (C=O) groups is 2. The summed E-state index contributed by atoms with van der Waals surface area (Å²) in [7, 11) is 3.14. The Morgan fingerprint density at radius 2 is 1.76 bits per heavy atom. The molecule has 2 aromatic carbocycles. The summed E-state index contributed by atoms with van der Waals surface area (Å²) < 4.78 is 10.8. The van der Waals surface area contributed by atoms with Crippen molar-refractivity contribution in [3.63, 3.8) is 0 Å². The van der Waals surface area contributed by atoms with E-state index < -0.39 is 5.92 Å². The van der Waals surface area contributed by atoms with Gasteiger partial charge in [-0.05, 0) is 35.2 Å². The second kappa shape index (κ2) is 8.15. The topological polar surface area (TPSA) is 67.9 Å². The van der Waals surface area contributed by atoms with Gasteiger partial charge in [-0.1, -0.05) is 39.0 Å². The van der Waals surface area contributed by atoms with Crippen LogP contribution in [0.1, 0.15) is 32.8 Å². The van der Waals surface area contributed by atoms with E-state index in [1.807, 2.05) is 36.4 Å². The summed E-state index contributed by atoms with van der Waals surface area (Å²) in [5.41, 5.74) is 2.33. The highest BCUT2D eigenvalue weighted by Gasteiger charge is 2.36.